The minimum atomic E-state index is 0.212. The Bertz CT molecular complexity index is 1170. The quantitative estimate of drug-likeness (QED) is 0.321. The molecule has 5 heterocycles. The van der Waals surface area contributed by atoms with Gasteiger partial charge in [-0.1, -0.05) is 17.8 Å². The van der Waals surface area contributed by atoms with E-state index in [4.69, 9.17) is 9.15 Å². The Hall–Kier alpha value is -2.01. The molecule has 1 aliphatic carbocycles. The highest BCUT2D eigenvalue weighted by molar-refractivity contribution is 7.98. The Morgan fingerprint density at radius 3 is 2.91 bits per heavy atom. The third kappa shape index (κ3) is 4.16. The number of thioether (sulfide) groups is 1. The van der Waals surface area contributed by atoms with E-state index in [9.17, 15) is 0 Å². The molecule has 32 heavy (non-hydrogen) atoms. The predicted octanol–water partition coefficient (Wildman–Crippen LogP) is 5.47. The summed E-state index contributed by atoms with van der Waals surface area (Å²) in [5.74, 6) is 2.70. The molecule has 4 aromatic heterocycles. The highest BCUT2D eigenvalue weighted by Crippen LogP contribution is 2.36. The number of thiophene rings is 2. The maximum absolute atomic E-state index is 6.01. The third-order valence-electron chi connectivity index (χ3n) is 5.87. The normalized spacial score (nSPS) is 18.3. The molecule has 0 radical (unpaired) electrons. The summed E-state index contributed by atoms with van der Waals surface area (Å²) >= 11 is 5.05. The van der Waals surface area contributed by atoms with E-state index >= 15 is 0 Å². The van der Waals surface area contributed by atoms with Crippen molar-refractivity contribution >= 4 is 34.4 Å². The molecular formula is C22H23N5O2S3. The number of aryl methyl sites for hydroxylation is 2. The molecule has 0 amide bonds. The van der Waals surface area contributed by atoms with Gasteiger partial charge >= 0.3 is 0 Å². The zero-order valence-electron chi connectivity index (χ0n) is 17.5. The lowest BCUT2D eigenvalue weighted by atomic mass is 9.99. The smallest absolute Gasteiger partial charge is 0.257 e. The topological polar surface area (TPSA) is 78.9 Å². The molecular weight excluding hydrogens is 462 g/mol. The van der Waals surface area contributed by atoms with Crippen molar-refractivity contribution in [1.82, 2.24) is 25.0 Å². The maximum Gasteiger partial charge on any atom is 0.257 e. The van der Waals surface area contributed by atoms with E-state index in [0.717, 1.165) is 53.1 Å². The number of nitrogens with zero attached hydrogens (tertiary/aromatic N) is 5. The molecule has 166 valence electrons. The van der Waals surface area contributed by atoms with Crippen molar-refractivity contribution in [3.05, 3.63) is 39.9 Å². The van der Waals surface area contributed by atoms with E-state index < -0.39 is 0 Å². The van der Waals surface area contributed by atoms with Gasteiger partial charge in [0.2, 0.25) is 5.89 Å². The fourth-order valence-electron chi connectivity index (χ4n) is 4.27. The first kappa shape index (κ1) is 20.6. The van der Waals surface area contributed by atoms with Gasteiger partial charge in [0.1, 0.15) is 0 Å². The van der Waals surface area contributed by atoms with Crippen molar-refractivity contribution in [3.8, 4) is 21.5 Å². The largest absolute Gasteiger partial charge is 0.419 e. The third-order valence-corrected chi connectivity index (χ3v) is 8.91. The number of hydrogen-bond donors (Lipinski definition) is 0. The zero-order valence-corrected chi connectivity index (χ0v) is 20.0. The van der Waals surface area contributed by atoms with Crippen LogP contribution < -0.4 is 0 Å². The number of hydrogen-bond acceptors (Lipinski definition) is 9. The van der Waals surface area contributed by atoms with Crippen LogP contribution in [0.5, 0.6) is 0 Å². The maximum atomic E-state index is 6.01. The second-order valence-corrected chi connectivity index (χ2v) is 11.1. The summed E-state index contributed by atoms with van der Waals surface area (Å²) in [5.41, 5.74) is 1.45. The average Bonchev–Trinajstić information content (AvgIpc) is 3.63. The van der Waals surface area contributed by atoms with Gasteiger partial charge in [-0.25, -0.2) is 0 Å². The second-order valence-electron chi connectivity index (χ2n) is 8.08. The first-order valence-corrected chi connectivity index (χ1v) is 13.7. The van der Waals surface area contributed by atoms with E-state index in [2.05, 4.69) is 42.5 Å². The fourth-order valence-corrected chi connectivity index (χ4v) is 6.95. The molecule has 0 aromatic carbocycles. The van der Waals surface area contributed by atoms with Gasteiger partial charge in [-0.05, 0) is 61.6 Å². The van der Waals surface area contributed by atoms with E-state index in [0.29, 0.717) is 17.5 Å². The highest BCUT2D eigenvalue weighted by Gasteiger charge is 2.23. The zero-order chi connectivity index (χ0) is 21.3. The summed E-state index contributed by atoms with van der Waals surface area (Å²) in [6.45, 7) is 1.60. The van der Waals surface area contributed by atoms with Crippen LogP contribution in [0.1, 0.15) is 42.0 Å². The van der Waals surface area contributed by atoms with Crippen molar-refractivity contribution in [2.75, 3.05) is 6.61 Å². The van der Waals surface area contributed by atoms with Crippen LogP contribution in [-0.4, -0.2) is 37.7 Å². The summed E-state index contributed by atoms with van der Waals surface area (Å²) in [6, 6.07) is 6.36. The summed E-state index contributed by atoms with van der Waals surface area (Å²) in [6.07, 6.45) is 7.28. The molecule has 1 saturated heterocycles. The molecule has 4 aromatic rings. The molecule has 1 unspecified atom stereocenters. The van der Waals surface area contributed by atoms with Crippen LogP contribution >= 0.6 is 34.4 Å². The van der Waals surface area contributed by atoms with Crippen molar-refractivity contribution < 1.29 is 9.15 Å². The van der Waals surface area contributed by atoms with Gasteiger partial charge < -0.3 is 9.15 Å². The van der Waals surface area contributed by atoms with Crippen molar-refractivity contribution in [3.63, 3.8) is 0 Å². The van der Waals surface area contributed by atoms with E-state index in [-0.39, 0.29) is 6.10 Å². The molecule has 1 fully saturated rings. The van der Waals surface area contributed by atoms with Crippen molar-refractivity contribution in [1.29, 1.82) is 0 Å². The number of ether oxygens (including phenoxy) is 1. The number of rotatable bonds is 7. The first-order valence-electron chi connectivity index (χ1n) is 11.0. The molecule has 0 spiro atoms. The van der Waals surface area contributed by atoms with Gasteiger partial charge in [0.15, 0.2) is 11.0 Å². The van der Waals surface area contributed by atoms with Crippen LogP contribution in [0, 0.1) is 0 Å². The molecule has 10 heteroatoms. The number of aromatic nitrogens is 5. The molecule has 1 atom stereocenters. The lowest BCUT2D eigenvalue weighted by molar-refractivity contribution is 0.0953. The Balaban J connectivity index is 1.20. The van der Waals surface area contributed by atoms with Crippen molar-refractivity contribution in [2.24, 2.45) is 0 Å². The monoisotopic (exact) mass is 485 g/mol. The van der Waals surface area contributed by atoms with Crippen LogP contribution in [-0.2, 0) is 29.9 Å². The Morgan fingerprint density at radius 1 is 1.09 bits per heavy atom. The van der Waals surface area contributed by atoms with Gasteiger partial charge in [-0.15, -0.1) is 43.1 Å². The van der Waals surface area contributed by atoms with Crippen molar-refractivity contribution in [2.45, 2.75) is 62.1 Å². The Kier molecular flexibility index (Phi) is 5.85. The van der Waals surface area contributed by atoms with Crippen LogP contribution in [0.3, 0.4) is 0 Å². The molecule has 2 aliphatic rings. The van der Waals surface area contributed by atoms with E-state index in [1.807, 2.05) is 6.07 Å². The number of fused-ring (bicyclic) bond motifs is 1. The summed E-state index contributed by atoms with van der Waals surface area (Å²) < 4.78 is 14.1. The molecule has 0 N–H and O–H groups in total. The SMILES string of the molecule is c1csc(-c2nnc(SCc3nnc(-c4cc5c(s4)CCCC5)o3)n2CC2CCCO2)c1. The molecule has 0 saturated carbocycles. The van der Waals surface area contributed by atoms with Gasteiger partial charge in [-0.2, -0.15) is 0 Å². The van der Waals surface area contributed by atoms with E-state index in [1.54, 1.807) is 34.4 Å². The Morgan fingerprint density at radius 2 is 2.06 bits per heavy atom. The Labute approximate surface area is 198 Å². The lowest BCUT2D eigenvalue weighted by Gasteiger charge is -2.13. The molecule has 6 rings (SSSR count). The van der Waals surface area contributed by atoms with Gasteiger partial charge in [0.25, 0.3) is 5.89 Å². The van der Waals surface area contributed by atoms with Crippen LogP contribution in [0.2, 0.25) is 0 Å². The van der Waals surface area contributed by atoms with Gasteiger partial charge in [0.05, 0.1) is 28.2 Å². The summed E-state index contributed by atoms with van der Waals surface area (Å²) in [4.78, 5) is 3.68. The lowest BCUT2D eigenvalue weighted by Crippen LogP contribution is -2.16. The fraction of sp³-hybridized carbons (Fsp3) is 0.455. The van der Waals surface area contributed by atoms with Gasteiger partial charge in [-0.3, -0.25) is 4.57 Å². The predicted molar refractivity (Wildman–Crippen MR) is 126 cm³/mol. The van der Waals surface area contributed by atoms with Crippen LogP contribution in [0.15, 0.2) is 33.2 Å². The summed E-state index contributed by atoms with van der Waals surface area (Å²) in [7, 11) is 0. The molecule has 0 bridgehead atoms. The first-order chi connectivity index (χ1) is 15.8. The van der Waals surface area contributed by atoms with Crippen LogP contribution in [0.25, 0.3) is 21.5 Å². The minimum absolute atomic E-state index is 0.212. The summed E-state index contributed by atoms with van der Waals surface area (Å²) in [5, 5.41) is 20.5. The molecule has 1 aliphatic heterocycles. The standard InChI is InChI=1S/C22H23N5O2S3/c1-2-7-16-14(5-1)11-18(32-16)21-25-23-19(29-21)13-31-22-26-24-20(17-8-4-10-30-17)27(22)12-15-6-3-9-28-15/h4,8,10-11,15H,1-3,5-7,9,12-13H2. The van der Waals surface area contributed by atoms with Gasteiger partial charge in [0, 0.05) is 11.5 Å². The molecule has 7 nitrogen and oxygen atoms in total. The average molecular weight is 486 g/mol. The van der Waals surface area contributed by atoms with Crippen LogP contribution in [0.4, 0.5) is 0 Å². The second kappa shape index (κ2) is 9.09. The van der Waals surface area contributed by atoms with E-state index in [1.165, 1.54) is 29.7 Å². The minimum Gasteiger partial charge on any atom is -0.419 e. The highest BCUT2D eigenvalue weighted by atomic mass is 32.2.